The van der Waals surface area contributed by atoms with Crippen molar-refractivity contribution in [2.45, 2.75) is 13.0 Å². The van der Waals surface area contributed by atoms with Crippen molar-refractivity contribution in [3.05, 3.63) is 69.6 Å². The number of carbonyl (C=O) groups is 2. The summed E-state index contributed by atoms with van der Waals surface area (Å²) in [6.45, 7) is 1.28. The van der Waals surface area contributed by atoms with Gasteiger partial charge in [-0.2, -0.15) is 0 Å². The molecule has 0 saturated heterocycles. The largest absolute Gasteiger partial charge is 0.352 e. The van der Waals surface area contributed by atoms with Gasteiger partial charge in [-0.25, -0.2) is 0 Å². The zero-order valence-corrected chi connectivity index (χ0v) is 14.1. The van der Waals surface area contributed by atoms with Crippen molar-refractivity contribution in [2.24, 2.45) is 5.73 Å². The van der Waals surface area contributed by atoms with Crippen LogP contribution in [0.2, 0.25) is 0 Å². The molecule has 0 atom stereocenters. The Hall–Kier alpha value is -2.93. The summed E-state index contributed by atoms with van der Waals surface area (Å²) < 4.78 is 0. The summed E-state index contributed by atoms with van der Waals surface area (Å²) in [7, 11) is 1.61. The first-order chi connectivity index (χ1) is 12.0. The Bertz CT molecular complexity index is 786. The van der Waals surface area contributed by atoms with Gasteiger partial charge < -0.3 is 20.9 Å². The fourth-order valence-electron chi connectivity index (χ4n) is 2.31. The van der Waals surface area contributed by atoms with E-state index in [1.165, 1.54) is 17.2 Å². The summed E-state index contributed by atoms with van der Waals surface area (Å²) in [6, 6.07) is 10.8. The number of aromatic nitrogens is 1. The fraction of sp³-hybridized carbons (Fsp3) is 0.278. The van der Waals surface area contributed by atoms with Gasteiger partial charge in [0.15, 0.2) is 0 Å². The van der Waals surface area contributed by atoms with Crippen LogP contribution in [0.3, 0.4) is 0 Å². The molecule has 7 nitrogen and oxygen atoms in total. The van der Waals surface area contributed by atoms with Crippen molar-refractivity contribution in [3.8, 4) is 0 Å². The van der Waals surface area contributed by atoms with Crippen LogP contribution in [0.1, 0.15) is 32.7 Å². The second-order valence-corrected chi connectivity index (χ2v) is 5.68. The molecular weight excluding hydrogens is 320 g/mol. The minimum Gasteiger partial charge on any atom is -0.352 e. The first kappa shape index (κ1) is 18.4. The normalized spacial score (nSPS) is 10.3. The first-order valence-electron chi connectivity index (χ1n) is 8.03. The molecule has 25 heavy (non-hydrogen) atoms. The number of nitrogens with zero attached hydrogens (tertiary/aromatic N) is 1. The Kier molecular flexibility index (Phi) is 6.47. The standard InChI is InChI=1S/C18H22N4O3/c1-22(12-13-6-3-2-4-7-13)18(25)15-10-14(11-21-17(15)24)16(23)20-9-5-8-19/h2-4,6-7,10-11H,5,8-9,12,19H2,1H3,(H,20,23)(H,21,24). The number of pyridine rings is 1. The van der Waals surface area contributed by atoms with E-state index in [1.54, 1.807) is 7.05 Å². The minimum absolute atomic E-state index is 0.0649. The number of H-pyrrole nitrogens is 1. The van der Waals surface area contributed by atoms with Gasteiger partial charge in [0, 0.05) is 26.3 Å². The van der Waals surface area contributed by atoms with Crippen molar-refractivity contribution in [1.82, 2.24) is 15.2 Å². The molecule has 7 heteroatoms. The predicted octanol–water partition coefficient (Wildman–Crippen LogP) is 0.726. The second kappa shape index (κ2) is 8.79. The number of carbonyl (C=O) groups excluding carboxylic acids is 2. The third-order valence-electron chi connectivity index (χ3n) is 3.67. The molecule has 0 aliphatic heterocycles. The Balaban J connectivity index is 2.14. The highest BCUT2D eigenvalue weighted by Gasteiger charge is 2.18. The molecule has 0 bridgehead atoms. The summed E-state index contributed by atoms with van der Waals surface area (Å²) in [5.74, 6) is -0.800. The van der Waals surface area contributed by atoms with Gasteiger partial charge in [-0.15, -0.1) is 0 Å². The number of amides is 2. The summed E-state index contributed by atoms with van der Waals surface area (Å²) >= 11 is 0. The quantitative estimate of drug-likeness (QED) is 0.644. The molecule has 2 aromatic rings. The summed E-state index contributed by atoms with van der Waals surface area (Å²) in [4.78, 5) is 40.5. The molecule has 2 amide bonds. The molecule has 1 aromatic carbocycles. The summed E-state index contributed by atoms with van der Waals surface area (Å²) in [6.07, 6.45) is 1.95. The van der Waals surface area contributed by atoms with Crippen LogP contribution in [-0.2, 0) is 6.54 Å². The topological polar surface area (TPSA) is 108 Å². The third-order valence-corrected chi connectivity index (χ3v) is 3.67. The molecule has 1 aromatic heterocycles. The number of benzene rings is 1. The average Bonchev–Trinajstić information content (AvgIpc) is 2.62. The van der Waals surface area contributed by atoms with Gasteiger partial charge >= 0.3 is 0 Å². The Labute approximate surface area is 145 Å². The van der Waals surface area contributed by atoms with Gasteiger partial charge in [0.25, 0.3) is 17.4 Å². The van der Waals surface area contributed by atoms with Gasteiger partial charge in [-0.1, -0.05) is 30.3 Å². The molecule has 0 aliphatic rings. The van der Waals surface area contributed by atoms with Gasteiger partial charge in [0.05, 0.1) is 5.56 Å². The predicted molar refractivity (Wildman–Crippen MR) is 95.3 cm³/mol. The van der Waals surface area contributed by atoms with Gasteiger partial charge in [-0.3, -0.25) is 14.4 Å². The summed E-state index contributed by atoms with van der Waals surface area (Å²) in [5.41, 5.74) is 5.97. The van der Waals surface area contributed by atoms with Crippen molar-refractivity contribution in [1.29, 1.82) is 0 Å². The van der Waals surface area contributed by atoms with E-state index in [0.717, 1.165) is 5.56 Å². The molecule has 132 valence electrons. The van der Waals surface area contributed by atoms with E-state index in [4.69, 9.17) is 5.73 Å². The SMILES string of the molecule is CN(Cc1ccccc1)C(=O)c1cc(C(=O)NCCCN)c[nH]c1=O. The number of rotatable bonds is 7. The molecule has 0 saturated carbocycles. The molecule has 1 heterocycles. The maximum atomic E-state index is 12.6. The first-order valence-corrected chi connectivity index (χ1v) is 8.03. The van der Waals surface area contributed by atoms with Crippen LogP contribution >= 0.6 is 0 Å². The van der Waals surface area contributed by atoms with E-state index in [2.05, 4.69) is 10.3 Å². The van der Waals surface area contributed by atoms with Crippen LogP contribution in [0, 0.1) is 0 Å². The number of hydrogen-bond donors (Lipinski definition) is 3. The molecular formula is C18H22N4O3. The molecule has 0 radical (unpaired) electrons. The van der Waals surface area contributed by atoms with Crippen molar-refractivity contribution < 1.29 is 9.59 Å². The highest BCUT2D eigenvalue weighted by molar-refractivity contribution is 5.99. The number of nitrogens with one attached hydrogen (secondary N) is 2. The van der Waals surface area contributed by atoms with E-state index in [1.807, 2.05) is 30.3 Å². The van der Waals surface area contributed by atoms with E-state index in [9.17, 15) is 14.4 Å². The lowest BCUT2D eigenvalue weighted by molar-refractivity contribution is 0.0783. The number of aromatic amines is 1. The Morgan fingerprint density at radius 2 is 1.96 bits per heavy atom. The molecule has 4 N–H and O–H groups in total. The number of hydrogen-bond acceptors (Lipinski definition) is 4. The van der Waals surface area contributed by atoms with E-state index in [-0.39, 0.29) is 17.0 Å². The van der Waals surface area contributed by atoms with Crippen LogP contribution in [0.5, 0.6) is 0 Å². The maximum Gasteiger partial charge on any atom is 0.260 e. The zero-order chi connectivity index (χ0) is 18.2. The molecule has 0 spiro atoms. The maximum absolute atomic E-state index is 12.6. The van der Waals surface area contributed by atoms with Crippen LogP contribution in [0.25, 0.3) is 0 Å². The van der Waals surface area contributed by atoms with Gasteiger partial charge in [0.2, 0.25) is 0 Å². The lowest BCUT2D eigenvalue weighted by Gasteiger charge is -2.17. The molecule has 2 rings (SSSR count). The zero-order valence-electron chi connectivity index (χ0n) is 14.1. The van der Waals surface area contributed by atoms with E-state index in [0.29, 0.717) is 26.1 Å². The van der Waals surface area contributed by atoms with Crippen molar-refractivity contribution in [2.75, 3.05) is 20.1 Å². The van der Waals surface area contributed by atoms with E-state index < -0.39 is 11.5 Å². The molecule has 0 unspecified atom stereocenters. The monoisotopic (exact) mass is 342 g/mol. The third kappa shape index (κ3) is 5.02. The van der Waals surface area contributed by atoms with Crippen LogP contribution in [0.15, 0.2) is 47.4 Å². The lowest BCUT2D eigenvalue weighted by atomic mass is 10.1. The minimum atomic E-state index is -0.525. The van der Waals surface area contributed by atoms with Gasteiger partial charge in [-0.05, 0) is 24.6 Å². The Morgan fingerprint density at radius 3 is 2.64 bits per heavy atom. The van der Waals surface area contributed by atoms with E-state index >= 15 is 0 Å². The highest BCUT2D eigenvalue weighted by atomic mass is 16.2. The fourth-order valence-corrected chi connectivity index (χ4v) is 2.31. The lowest BCUT2D eigenvalue weighted by Crippen LogP contribution is -2.33. The molecule has 0 fully saturated rings. The van der Waals surface area contributed by atoms with Crippen LogP contribution in [-0.4, -0.2) is 41.8 Å². The van der Waals surface area contributed by atoms with Crippen molar-refractivity contribution in [3.63, 3.8) is 0 Å². The summed E-state index contributed by atoms with van der Waals surface area (Å²) in [5, 5.41) is 2.69. The van der Waals surface area contributed by atoms with Gasteiger partial charge in [0.1, 0.15) is 5.56 Å². The Morgan fingerprint density at radius 1 is 1.24 bits per heavy atom. The van der Waals surface area contributed by atoms with Crippen molar-refractivity contribution >= 4 is 11.8 Å². The highest BCUT2D eigenvalue weighted by Crippen LogP contribution is 2.07. The van der Waals surface area contributed by atoms with Crippen LogP contribution in [0.4, 0.5) is 0 Å². The smallest absolute Gasteiger partial charge is 0.260 e. The average molecular weight is 342 g/mol. The number of nitrogens with two attached hydrogens (primary N) is 1. The molecule has 0 aliphatic carbocycles. The second-order valence-electron chi connectivity index (χ2n) is 5.68. The van der Waals surface area contributed by atoms with Crippen LogP contribution < -0.4 is 16.6 Å².